The van der Waals surface area contributed by atoms with Crippen LogP contribution in [0.4, 0.5) is 4.39 Å². The summed E-state index contributed by atoms with van der Waals surface area (Å²) in [5, 5.41) is 72.2. The van der Waals surface area contributed by atoms with E-state index in [1.54, 1.807) is 30.3 Å². The van der Waals surface area contributed by atoms with Crippen molar-refractivity contribution in [2.75, 3.05) is 19.9 Å². The average molecular weight is 1780 g/mol. The number of alkyl halides is 1. The van der Waals surface area contributed by atoms with Crippen LogP contribution < -0.4 is 0 Å². The molecule has 19 heteroatoms. The molecule has 0 spiro atoms. The van der Waals surface area contributed by atoms with Crippen molar-refractivity contribution in [2.45, 2.75) is 141 Å². The van der Waals surface area contributed by atoms with Gasteiger partial charge in [0.15, 0.2) is 0 Å². The van der Waals surface area contributed by atoms with Crippen molar-refractivity contribution in [3.05, 3.63) is 371 Å². The van der Waals surface area contributed by atoms with E-state index in [-0.39, 0.29) is 21.8 Å². The minimum Gasteiger partial charge on any atom is -0.396 e. The monoisotopic (exact) mass is 1770 g/mol. The van der Waals surface area contributed by atoms with E-state index in [9.17, 15) is 40.1 Å². The highest BCUT2D eigenvalue weighted by atomic mass is 79.9. The zero-order chi connectivity index (χ0) is 80.3. The van der Waals surface area contributed by atoms with Gasteiger partial charge in [-0.2, -0.15) is 0 Å². The Bertz CT molecular complexity index is 4510. The van der Waals surface area contributed by atoms with Gasteiger partial charge in [-0.05, 0) is 181 Å². The molecule has 0 bridgehead atoms. The van der Waals surface area contributed by atoms with Crippen LogP contribution in [0.2, 0.25) is 15.1 Å². The van der Waals surface area contributed by atoms with Crippen LogP contribution in [0.15, 0.2) is 267 Å². The fourth-order valence-electron chi connectivity index (χ4n) is 14.1. The number of aliphatic hydroxyl groups is 7. The first-order valence-corrected chi connectivity index (χ1v) is 42.1. The van der Waals surface area contributed by atoms with Crippen LogP contribution >= 0.6 is 82.1 Å². The van der Waals surface area contributed by atoms with Gasteiger partial charge in [0, 0.05) is 32.8 Å². The van der Waals surface area contributed by atoms with Crippen LogP contribution in [0, 0.1) is 17.8 Å². The van der Waals surface area contributed by atoms with Gasteiger partial charge in [-0.1, -0.05) is 286 Å². The molecule has 113 heavy (non-hydrogen) atoms. The highest BCUT2D eigenvalue weighted by molar-refractivity contribution is 9.69. The van der Waals surface area contributed by atoms with E-state index in [1.165, 1.54) is 28.3 Å². The van der Waals surface area contributed by atoms with Gasteiger partial charge in [0.1, 0.15) is 36.6 Å². The second kappa shape index (κ2) is 45.1. The number of hydrogen-bond donors (Lipinski definition) is 7. The van der Waals surface area contributed by atoms with Crippen LogP contribution in [0.1, 0.15) is 110 Å². The fraction of sp³-hybridized carbons (Fsp3) is 0.298. The molecular weight excluding hydrogens is 1680 g/mol. The lowest BCUT2D eigenvalue weighted by molar-refractivity contribution is -0.158. The van der Waals surface area contributed by atoms with Crippen LogP contribution in [-0.2, 0) is 83.9 Å². The third-order valence-electron chi connectivity index (χ3n) is 20.7. The highest BCUT2D eigenvalue weighted by Crippen LogP contribution is 2.41. The van der Waals surface area contributed by atoms with Crippen molar-refractivity contribution in [3.63, 3.8) is 0 Å². The van der Waals surface area contributed by atoms with Gasteiger partial charge in [0.2, 0.25) is 0 Å². The maximum Gasteiger partial charge on any atom is 0.369 e. The maximum atomic E-state index is 13.2. The summed E-state index contributed by atoms with van der Waals surface area (Å²) in [6, 6.07) is 83.8. The molecular formula is C94H98BBr3Cl3FO11. The van der Waals surface area contributed by atoms with E-state index in [0.29, 0.717) is 72.6 Å². The van der Waals surface area contributed by atoms with Gasteiger partial charge in [-0.15, -0.1) is 47.3 Å². The smallest absolute Gasteiger partial charge is 0.369 e. The summed E-state index contributed by atoms with van der Waals surface area (Å²) in [5.74, 6) is -1.61. The third kappa shape index (κ3) is 25.6. The summed E-state index contributed by atoms with van der Waals surface area (Å²) < 4.78 is 40.9. The Labute approximate surface area is 704 Å². The second-order valence-corrected chi connectivity index (χ2v) is 36.1. The fourth-order valence-corrected chi connectivity index (χ4v) is 14.7. The van der Waals surface area contributed by atoms with Crippen molar-refractivity contribution in [1.29, 1.82) is 0 Å². The van der Waals surface area contributed by atoms with Gasteiger partial charge in [-0.3, -0.25) is 4.39 Å². The number of aryl methyl sites for hydroxylation is 3. The molecule has 0 aliphatic heterocycles. The van der Waals surface area contributed by atoms with Crippen molar-refractivity contribution in [1.82, 2.24) is 0 Å². The maximum absolute atomic E-state index is 13.2. The molecule has 11 nitrogen and oxygen atoms in total. The standard InChI is InChI=1S/C50H49ClO4.C22H24ClFO3.C22H25ClO4.BBr3/c1-2-37-23-25-38(26-24-37)29-44-30-43(27-28-47(44)51)46-31-45(36-52-32-39-15-7-3-8-16-39)48(53-33-40-17-9-4-10-18-40)50(55-35-42-21-13-6-14-22-42)49(46)54-34-41-19-11-5-12-20-41;2*1-2-13-3-5-14(6-4-13)9-16-10-15(7-8-19(16)23)18-11-17(12-24)20(25)22(27)21(18)26;2-1(3)4/h3-28,30-31,45,48-50H,2,29,32-36H2,1H3;3-8,10-11,17,20-22,25-27H,2,9,12H2,1H3;3-8,10-11,17,20-22,24-27H,2,9,12H2,1H3;/t45-,48-,49+,50+;2*17-,20-,21+,22+;/m111./s1. The number of benzene rings is 10. The number of halogens is 7. The molecule has 10 aromatic carbocycles. The molecule has 7 N–H and O–H groups in total. The number of rotatable bonds is 27. The summed E-state index contributed by atoms with van der Waals surface area (Å²) in [4.78, 5) is 0. The SMILES string of the molecule is BrB(Br)Br.CCc1ccc(Cc2cc(C3=C[C@H](CF)[C@@H](O)[C@H](O)[C@H]3O)ccc2Cl)cc1.CCc1ccc(Cc2cc(C3=C[C@H](CO)[C@@H](O)[C@H](O)[C@H]3O)ccc2Cl)cc1.CCc1ccc(Cc2cc(C3=C[C@H](COCc4ccccc4)[C@@H](OCc4ccccc4)[C@H](OCc4ccccc4)[C@H]3OCc3ccccc3)ccc2Cl)cc1. The zero-order valence-electron chi connectivity index (χ0n) is 63.5. The zero-order valence-corrected chi connectivity index (χ0v) is 70.5. The molecule has 0 saturated carbocycles. The van der Waals surface area contributed by atoms with Crippen molar-refractivity contribution < 1.29 is 59.1 Å². The summed E-state index contributed by atoms with van der Waals surface area (Å²) in [6.45, 7) is 7.48. The van der Waals surface area contributed by atoms with E-state index in [0.717, 1.165) is 97.5 Å². The lowest BCUT2D eigenvalue weighted by Crippen LogP contribution is -2.50. The average Bonchev–Trinajstić information content (AvgIpc) is 0.764. The van der Waals surface area contributed by atoms with Gasteiger partial charge in [0.25, 0.3) is 0 Å². The van der Waals surface area contributed by atoms with E-state index in [4.69, 9.17) is 53.8 Å². The first kappa shape index (κ1) is 88.6. The molecule has 13 rings (SSSR count). The highest BCUT2D eigenvalue weighted by Gasteiger charge is 2.44. The lowest BCUT2D eigenvalue weighted by atomic mass is 9.80. The molecule has 0 radical (unpaired) electrons. The molecule has 10 aromatic rings. The molecule has 0 saturated heterocycles. The van der Waals surface area contributed by atoms with E-state index >= 15 is 0 Å². The first-order valence-electron chi connectivity index (χ1n) is 38.3. The Morgan fingerprint density at radius 1 is 0.354 bits per heavy atom. The molecule has 0 unspecified atom stereocenters. The Morgan fingerprint density at radius 3 is 1.02 bits per heavy atom. The van der Waals surface area contributed by atoms with Crippen LogP contribution in [0.25, 0.3) is 16.7 Å². The van der Waals surface area contributed by atoms with Gasteiger partial charge < -0.3 is 54.7 Å². The van der Waals surface area contributed by atoms with Crippen LogP contribution in [0.5, 0.6) is 0 Å². The first-order chi connectivity index (χ1) is 54.7. The number of hydrogen-bond acceptors (Lipinski definition) is 11. The quantitative estimate of drug-likeness (QED) is 0.0244. The number of aliphatic hydroxyl groups excluding tert-OH is 7. The largest absolute Gasteiger partial charge is 0.396 e. The third-order valence-corrected chi connectivity index (χ3v) is 21.8. The Balaban J connectivity index is 0.000000194. The van der Waals surface area contributed by atoms with Crippen molar-refractivity contribution in [3.8, 4) is 0 Å². The normalized spacial score (nSPS) is 21.2. The van der Waals surface area contributed by atoms with E-state index in [2.05, 4.69) is 208 Å². The molecule has 592 valence electrons. The summed E-state index contributed by atoms with van der Waals surface area (Å²) in [5.41, 5.74) is 18.9. The second-order valence-electron chi connectivity index (χ2n) is 28.5. The molecule has 3 aliphatic rings. The summed E-state index contributed by atoms with van der Waals surface area (Å²) in [7, 11) is 0. The predicted octanol–water partition coefficient (Wildman–Crippen LogP) is 19.8. The number of ether oxygens (including phenoxy) is 4. The molecule has 12 atom stereocenters. The van der Waals surface area contributed by atoms with Gasteiger partial charge in [0.05, 0.1) is 64.6 Å². The molecule has 0 fully saturated rings. The topological polar surface area (TPSA) is 179 Å². The molecule has 0 aromatic heterocycles. The lowest BCUT2D eigenvalue weighted by Gasteiger charge is -2.42. The minimum absolute atomic E-state index is 0.138. The van der Waals surface area contributed by atoms with E-state index < -0.39 is 67.3 Å². The molecule has 3 aliphatic carbocycles. The van der Waals surface area contributed by atoms with Gasteiger partial charge >= 0.3 is 3.18 Å². The predicted molar refractivity (Wildman–Crippen MR) is 467 cm³/mol. The summed E-state index contributed by atoms with van der Waals surface area (Å²) in [6.07, 6.45) is 1.35. The molecule has 0 amide bonds. The minimum atomic E-state index is -1.42. The van der Waals surface area contributed by atoms with Crippen molar-refractivity contribution >= 4 is 102 Å². The van der Waals surface area contributed by atoms with Crippen LogP contribution in [-0.4, -0.2) is 114 Å². The van der Waals surface area contributed by atoms with E-state index in [1.807, 2.05) is 91.0 Å². The Kier molecular flexibility index (Phi) is 35.4. The van der Waals surface area contributed by atoms with Crippen molar-refractivity contribution in [2.24, 2.45) is 17.8 Å². The summed E-state index contributed by atoms with van der Waals surface area (Å²) >= 11 is 29.0. The molecule has 0 heterocycles. The van der Waals surface area contributed by atoms with Gasteiger partial charge in [-0.25, -0.2) is 0 Å². The Morgan fingerprint density at radius 2 is 0.664 bits per heavy atom. The van der Waals surface area contributed by atoms with Crippen LogP contribution in [0.3, 0.4) is 0 Å². The Hall–Kier alpha value is -6.72.